The van der Waals surface area contributed by atoms with Gasteiger partial charge in [0, 0.05) is 12.2 Å². The van der Waals surface area contributed by atoms with E-state index in [0.717, 1.165) is 12.1 Å². The molecule has 1 aliphatic heterocycles. The molecule has 1 aliphatic rings. The Balaban J connectivity index is 1.84. The Morgan fingerprint density at radius 3 is 2.39 bits per heavy atom. The standard InChI is InChI=1S/C20H17ClF3N3O/c21-17-14(7-4-8-15(17)20(22,23)24)19(28)27-10-9-13(16(25)11-27)18(26)12-5-2-1-3-6-12/h1-8,26H,9-11,25H2. The lowest BCUT2D eigenvalue weighted by molar-refractivity contribution is -0.137. The fourth-order valence-electron chi connectivity index (χ4n) is 3.11. The Kier molecular flexibility index (Phi) is 5.47. The average Bonchev–Trinajstić information content (AvgIpc) is 2.67. The van der Waals surface area contributed by atoms with Gasteiger partial charge >= 0.3 is 6.18 Å². The Morgan fingerprint density at radius 2 is 1.79 bits per heavy atom. The van der Waals surface area contributed by atoms with Crippen molar-refractivity contribution in [2.75, 3.05) is 13.1 Å². The van der Waals surface area contributed by atoms with Crippen molar-refractivity contribution in [3.05, 3.63) is 81.5 Å². The number of hydrogen-bond acceptors (Lipinski definition) is 3. The summed E-state index contributed by atoms with van der Waals surface area (Å²) in [4.78, 5) is 14.1. The van der Waals surface area contributed by atoms with Crippen LogP contribution in [-0.2, 0) is 6.18 Å². The first-order valence-corrected chi connectivity index (χ1v) is 8.84. The third-order valence-corrected chi connectivity index (χ3v) is 4.97. The Morgan fingerprint density at radius 1 is 1.11 bits per heavy atom. The summed E-state index contributed by atoms with van der Waals surface area (Å²) in [6, 6.07) is 12.3. The van der Waals surface area contributed by atoms with Gasteiger partial charge in [0.05, 0.1) is 28.4 Å². The highest BCUT2D eigenvalue weighted by atomic mass is 35.5. The van der Waals surface area contributed by atoms with Crippen molar-refractivity contribution < 1.29 is 18.0 Å². The number of benzene rings is 2. The molecule has 8 heteroatoms. The lowest BCUT2D eigenvalue weighted by atomic mass is 9.95. The van der Waals surface area contributed by atoms with Crippen LogP contribution < -0.4 is 5.73 Å². The SMILES string of the molecule is N=C(C1=C(N)CN(C(=O)c2cccc(C(F)(F)F)c2Cl)CC1)c1ccccc1. The van der Waals surface area contributed by atoms with Crippen molar-refractivity contribution in [1.29, 1.82) is 5.41 Å². The van der Waals surface area contributed by atoms with E-state index in [1.54, 1.807) is 12.1 Å². The molecule has 0 unspecified atom stereocenters. The number of nitrogens with two attached hydrogens (primary N) is 1. The fraction of sp³-hybridized carbons (Fsp3) is 0.200. The van der Waals surface area contributed by atoms with Crippen molar-refractivity contribution in [3.8, 4) is 0 Å². The van der Waals surface area contributed by atoms with Gasteiger partial charge in [-0.05, 0) is 29.7 Å². The predicted octanol–water partition coefficient (Wildman–Crippen LogP) is 4.49. The molecule has 0 aliphatic carbocycles. The highest BCUT2D eigenvalue weighted by Crippen LogP contribution is 2.36. The molecule has 0 saturated carbocycles. The first-order chi connectivity index (χ1) is 13.2. The van der Waals surface area contributed by atoms with E-state index in [2.05, 4.69) is 0 Å². The van der Waals surface area contributed by atoms with E-state index in [1.807, 2.05) is 18.2 Å². The number of nitrogens with zero attached hydrogens (tertiary/aromatic N) is 1. The summed E-state index contributed by atoms with van der Waals surface area (Å²) < 4.78 is 39.1. The third kappa shape index (κ3) is 3.89. The second-order valence-corrected chi connectivity index (χ2v) is 6.76. The number of nitrogens with one attached hydrogen (secondary N) is 1. The molecule has 0 atom stereocenters. The first kappa shape index (κ1) is 19.9. The predicted molar refractivity (Wildman–Crippen MR) is 101 cm³/mol. The van der Waals surface area contributed by atoms with Gasteiger partial charge in [-0.2, -0.15) is 13.2 Å². The van der Waals surface area contributed by atoms with E-state index < -0.39 is 22.7 Å². The number of hydrogen-bond donors (Lipinski definition) is 2. The second-order valence-electron chi connectivity index (χ2n) is 6.39. The second kappa shape index (κ2) is 7.67. The molecule has 3 N–H and O–H groups in total. The zero-order chi connectivity index (χ0) is 20.5. The van der Waals surface area contributed by atoms with E-state index >= 15 is 0 Å². The van der Waals surface area contributed by atoms with E-state index in [1.165, 1.54) is 11.0 Å². The van der Waals surface area contributed by atoms with Crippen LogP contribution in [0.5, 0.6) is 0 Å². The molecule has 3 rings (SSSR count). The fourth-order valence-corrected chi connectivity index (χ4v) is 3.43. The van der Waals surface area contributed by atoms with Gasteiger partial charge in [0.2, 0.25) is 0 Å². The number of alkyl halides is 3. The maximum Gasteiger partial charge on any atom is 0.417 e. The van der Waals surface area contributed by atoms with Crippen LogP contribution in [0.4, 0.5) is 13.2 Å². The largest absolute Gasteiger partial charge is 0.417 e. The molecular formula is C20H17ClF3N3O. The summed E-state index contributed by atoms with van der Waals surface area (Å²) in [6.45, 7) is 0.257. The smallest absolute Gasteiger partial charge is 0.400 e. The highest BCUT2D eigenvalue weighted by Gasteiger charge is 2.35. The molecule has 2 aromatic rings. The Hall–Kier alpha value is -2.80. The lowest BCUT2D eigenvalue weighted by Crippen LogP contribution is -2.40. The molecule has 0 aromatic heterocycles. The number of amides is 1. The van der Waals surface area contributed by atoms with Crippen molar-refractivity contribution in [3.63, 3.8) is 0 Å². The number of halogens is 4. The Bertz CT molecular complexity index is 955. The topological polar surface area (TPSA) is 70.2 Å². The normalized spacial score (nSPS) is 14.9. The lowest BCUT2D eigenvalue weighted by Gasteiger charge is -2.30. The summed E-state index contributed by atoms with van der Waals surface area (Å²) in [7, 11) is 0. The van der Waals surface area contributed by atoms with Crippen molar-refractivity contribution >= 4 is 23.2 Å². The molecule has 0 bridgehead atoms. The van der Waals surface area contributed by atoms with Gasteiger partial charge in [-0.1, -0.05) is 48.0 Å². The van der Waals surface area contributed by atoms with Gasteiger partial charge < -0.3 is 10.6 Å². The molecule has 1 heterocycles. The molecule has 0 spiro atoms. The minimum absolute atomic E-state index is 0.0238. The number of rotatable bonds is 3. The summed E-state index contributed by atoms with van der Waals surface area (Å²) in [6.07, 6.45) is -4.31. The summed E-state index contributed by atoms with van der Waals surface area (Å²) in [5, 5.41) is 7.72. The van der Waals surface area contributed by atoms with Gasteiger partial charge in [-0.3, -0.25) is 10.2 Å². The zero-order valence-electron chi connectivity index (χ0n) is 14.7. The summed E-state index contributed by atoms with van der Waals surface area (Å²) >= 11 is 5.86. The van der Waals surface area contributed by atoms with Crippen LogP contribution in [0, 0.1) is 5.41 Å². The molecular weight excluding hydrogens is 391 g/mol. The zero-order valence-corrected chi connectivity index (χ0v) is 15.4. The van der Waals surface area contributed by atoms with Gasteiger partial charge in [-0.25, -0.2) is 0 Å². The van der Waals surface area contributed by atoms with Crippen LogP contribution >= 0.6 is 11.6 Å². The minimum atomic E-state index is -4.65. The summed E-state index contributed by atoms with van der Waals surface area (Å²) in [5.41, 5.74) is 6.79. The molecule has 0 saturated heterocycles. The van der Waals surface area contributed by atoms with E-state index in [9.17, 15) is 18.0 Å². The monoisotopic (exact) mass is 407 g/mol. The quantitative estimate of drug-likeness (QED) is 0.736. The summed E-state index contributed by atoms with van der Waals surface area (Å²) in [5.74, 6) is -0.621. The number of carbonyl (C=O) groups excluding carboxylic acids is 1. The highest BCUT2D eigenvalue weighted by molar-refractivity contribution is 6.34. The Labute approximate surface area is 164 Å². The molecule has 146 valence electrons. The molecule has 0 radical (unpaired) electrons. The number of carbonyl (C=O) groups is 1. The maximum atomic E-state index is 13.0. The molecule has 1 amide bonds. The van der Waals surface area contributed by atoms with Crippen LogP contribution in [0.25, 0.3) is 0 Å². The van der Waals surface area contributed by atoms with E-state index in [4.69, 9.17) is 22.7 Å². The van der Waals surface area contributed by atoms with Gasteiger partial charge in [0.1, 0.15) is 0 Å². The van der Waals surface area contributed by atoms with E-state index in [-0.39, 0.29) is 24.4 Å². The van der Waals surface area contributed by atoms with Crippen molar-refractivity contribution in [2.24, 2.45) is 5.73 Å². The van der Waals surface area contributed by atoms with Crippen molar-refractivity contribution in [2.45, 2.75) is 12.6 Å². The van der Waals surface area contributed by atoms with Crippen LogP contribution in [0.1, 0.15) is 27.9 Å². The molecule has 0 fully saturated rings. The minimum Gasteiger partial charge on any atom is -0.400 e. The average molecular weight is 408 g/mol. The van der Waals surface area contributed by atoms with Crippen LogP contribution in [-0.4, -0.2) is 29.6 Å². The van der Waals surface area contributed by atoms with Crippen LogP contribution in [0.2, 0.25) is 5.02 Å². The van der Waals surface area contributed by atoms with Gasteiger partial charge in [-0.15, -0.1) is 0 Å². The van der Waals surface area contributed by atoms with Gasteiger partial charge in [0.25, 0.3) is 5.91 Å². The molecule has 4 nitrogen and oxygen atoms in total. The first-order valence-electron chi connectivity index (χ1n) is 8.47. The molecule has 2 aromatic carbocycles. The third-order valence-electron chi connectivity index (χ3n) is 4.57. The van der Waals surface area contributed by atoms with Crippen LogP contribution in [0.15, 0.2) is 59.8 Å². The van der Waals surface area contributed by atoms with Gasteiger partial charge in [0.15, 0.2) is 0 Å². The maximum absolute atomic E-state index is 13.0. The van der Waals surface area contributed by atoms with E-state index in [0.29, 0.717) is 23.3 Å². The van der Waals surface area contributed by atoms with Crippen LogP contribution in [0.3, 0.4) is 0 Å². The molecule has 28 heavy (non-hydrogen) atoms. The van der Waals surface area contributed by atoms with Crippen molar-refractivity contribution in [1.82, 2.24) is 4.90 Å².